The zero-order chi connectivity index (χ0) is 25.4. The number of benzene rings is 2. The Hall–Kier alpha value is -2.30. The van der Waals surface area contributed by atoms with E-state index in [1.807, 2.05) is 12.1 Å². The topological polar surface area (TPSA) is 91.4 Å². The van der Waals surface area contributed by atoms with Crippen molar-refractivity contribution < 1.29 is 13.2 Å². The zero-order valence-electron chi connectivity index (χ0n) is 20.2. The number of fused-ring (bicyclic) bond motifs is 1. The van der Waals surface area contributed by atoms with Gasteiger partial charge in [-0.25, -0.2) is 18.1 Å². The molecule has 3 aromatic rings. The molecule has 0 bridgehead atoms. The number of carbonyl (C=O) groups is 1. The van der Waals surface area contributed by atoms with Gasteiger partial charge in [0.05, 0.1) is 23.1 Å². The van der Waals surface area contributed by atoms with Crippen LogP contribution >= 0.6 is 22.9 Å². The van der Waals surface area contributed by atoms with E-state index in [9.17, 15) is 13.2 Å². The molecular weight excluding hydrogens is 516 g/mol. The van der Waals surface area contributed by atoms with Gasteiger partial charge in [-0.05, 0) is 54.2 Å². The number of thiazole rings is 1. The van der Waals surface area contributed by atoms with Crippen molar-refractivity contribution in [3.05, 3.63) is 75.3 Å². The van der Waals surface area contributed by atoms with Crippen molar-refractivity contribution in [3.63, 3.8) is 0 Å². The normalized spacial score (nSPS) is 17.9. The number of halogens is 1. The summed E-state index contributed by atoms with van der Waals surface area (Å²) in [6.07, 6.45) is 1.92. The highest BCUT2D eigenvalue weighted by Crippen LogP contribution is 2.43. The number of nitrogens with zero attached hydrogens (tertiary/aromatic N) is 2. The van der Waals surface area contributed by atoms with Crippen molar-refractivity contribution in [3.8, 4) is 0 Å². The van der Waals surface area contributed by atoms with E-state index in [1.165, 1.54) is 21.8 Å². The maximum Gasteiger partial charge on any atom is 0.240 e. The predicted molar refractivity (Wildman–Crippen MR) is 143 cm³/mol. The van der Waals surface area contributed by atoms with Gasteiger partial charge >= 0.3 is 0 Å². The standard InChI is InChI=1S/C26H29ClN4O3S2/c1-16(2)25-24-22(15-31(25)14-18-3-7-19(27)8-4-18)35-26(29-24)28-23(32)13-17-5-11-21(12-6-17)36(33,34)30-20-9-10-20/h3-8,11-12,16,20,25,30H,9-10,13-15H2,1-2H3,(H,28,29,32). The molecule has 10 heteroatoms. The second-order valence-electron chi connectivity index (χ2n) is 9.81. The van der Waals surface area contributed by atoms with Crippen LogP contribution in [-0.2, 0) is 34.3 Å². The van der Waals surface area contributed by atoms with Gasteiger partial charge in [0, 0.05) is 29.0 Å². The zero-order valence-corrected chi connectivity index (χ0v) is 22.6. The number of rotatable bonds is 9. The number of anilines is 1. The molecule has 1 unspecified atom stereocenters. The number of aromatic nitrogens is 1. The van der Waals surface area contributed by atoms with Crippen molar-refractivity contribution in [2.75, 3.05) is 5.32 Å². The minimum atomic E-state index is -3.50. The maximum absolute atomic E-state index is 12.7. The van der Waals surface area contributed by atoms with E-state index in [0.29, 0.717) is 11.0 Å². The van der Waals surface area contributed by atoms with Gasteiger partial charge in [-0.3, -0.25) is 9.69 Å². The van der Waals surface area contributed by atoms with Crippen molar-refractivity contribution >= 4 is 44.0 Å². The third-order valence-corrected chi connectivity index (χ3v) is 9.18. The molecule has 1 aliphatic carbocycles. The quantitative estimate of drug-likeness (QED) is 0.389. The first-order valence-corrected chi connectivity index (χ1v) is 14.7. The molecular formula is C26H29ClN4O3S2. The average Bonchev–Trinajstić information content (AvgIpc) is 3.44. The first kappa shape index (κ1) is 25.4. The van der Waals surface area contributed by atoms with E-state index >= 15 is 0 Å². The van der Waals surface area contributed by atoms with E-state index in [0.717, 1.165) is 42.2 Å². The van der Waals surface area contributed by atoms with Crippen LogP contribution in [0.2, 0.25) is 5.02 Å². The molecule has 0 radical (unpaired) electrons. The maximum atomic E-state index is 12.7. The molecule has 5 rings (SSSR count). The number of nitrogens with one attached hydrogen (secondary N) is 2. The van der Waals surface area contributed by atoms with Crippen molar-refractivity contribution in [2.45, 2.75) is 63.2 Å². The van der Waals surface area contributed by atoms with Gasteiger partial charge in [0.25, 0.3) is 0 Å². The summed E-state index contributed by atoms with van der Waals surface area (Å²) in [6, 6.07) is 14.6. The van der Waals surface area contributed by atoms with Crippen molar-refractivity contribution in [1.29, 1.82) is 0 Å². The first-order chi connectivity index (χ1) is 17.2. The van der Waals surface area contributed by atoms with Gasteiger partial charge in [0.1, 0.15) is 0 Å². The second-order valence-corrected chi connectivity index (χ2v) is 13.0. The van der Waals surface area contributed by atoms with Crippen molar-refractivity contribution in [2.24, 2.45) is 5.92 Å². The molecule has 1 amide bonds. The summed E-state index contributed by atoms with van der Waals surface area (Å²) in [5.74, 6) is 0.196. The monoisotopic (exact) mass is 544 g/mol. The Balaban J connectivity index is 1.21. The number of amides is 1. The Morgan fingerprint density at radius 2 is 1.78 bits per heavy atom. The Morgan fingerprint density at radius 1 is 1.11 bits per heavy atom. The number of hydrogen-bond acceptors (Lipinski definition) is 6. The van der Waals surface area contributed by atoms with Crippen LogP contribution in [-0.4, -0.2) is 30.3 Å². The highest BCUT2D eigenvalue weighted by molar-refractivity contribution is 7.89. The fourth-order valence-electron chi connectivity index (χ4n) is 4.56. The van der Waals surface area contributed by atoms with Crippen LogP contribution in [0, 0.1) is 5.92 Å². The van der Waals surface area contributed by atoms with Gasteiger partial charge < -0.3 is 5.32 Å². The van der Waals surface area contributed by atoms with Gasteiger partial charge in [-0.2, -0.15) is 0 Å². The summed E-state index contributed by atoms with van der Waals surface area (Å²) in [4.78, 5) is 21.3. The summed E-state index contributed by atoms with van der Waals surface area (Å²) in [7, 11) is -3.50. The minimum absolute atomic E-state index is 0.0557. The van der Waals surface area contributed by atoms with Crippen LogP contribution in [0.1, 0.15) is 54.4 Å². The van der Waals surface area contributed by atoms with E-state index in [2.05, 4.69) is 40.9 Å². The van der Waals surface area contributed by atoms with Gasteiger partial charge in [0.2, 0.25) is 15.9 Å². The number of sulfonamides is 1. The summed E-state index contributed by atoms with van der Waals surface area (Å²) in [5, 5.41) is 4.27. The lowest BCUT2D eigenvalue weighted by Crippen LogP contribution is -2.26. The lowest BCUT2D eigenvalue weighted by Gasteiger charge is -2.27. The van der Waals surface area contributed by atoms with Crippen LogP contribution in [0.3, 0.4) is 0 Å². The fraction of sp³-hybridized carbons (Fsp3) is 0.385. The molecule has 7 nitrogen and oxygen atoms in total. The Labute approximate surface area is 220 Å². The van der Waals surface area contributed by atoms with Crippen LogP contribution in [0.5, 0.6) is 0 Å². The third kappa shape index (κ3) is 5.81. The first-order valence-electron chi connectivity index (χ1n) is 12.1. The Kier molecular flexibility index (Phi) is 7.20. The van der Waals surface area contributed by atoms with E-state index < -0.39 is 10.0 Å². The predicted octanol–water partition coefficient (Wildman–Crippen LogP) is 5.13. The van der Waals surface area contributed by atoms with Crippen LogP contribution in [0.4, 0.5) is 5.13 Å². The third-order valence-electron chi connectivity index (χ3n) is 6.42. The Morgan fingerprint density at radius 3 is 2.42 bits per heavy atom. The summed E-state index contributed by atoms with van der Waals surface area (Å²) < 4.78 is 27.3. The average molecular weight is 545 g/mol. The smallest absolute Gasteiger partial charge is 0.240 e. The molecule has 0 spiro atoms. The lowest BCUT2D eigenvalue weighted by molar-refractivity contribution is -0.115. The van der Waals surface area contributed by atoms with Crippen molar-refractivity contribution in [1.82, 2.24) is 14.6 Å². The van der Waals surface area contributed by atoms with Gasteiger partial charge in [0.15, 0.2) is 5.13 Å². The van der Waals surface area contributed by atoms with Gasteiger partial charge in [-0.1, -0.05) is 49.7 Å². The summed E-state index contributed by atoms with van der Waals surface area (Å²) in [6.45, 7) is 5.98. The van der Waals surface area contributed by atoms with Crippen LogP contribution in [0.15, 0.2) is 53.4 Å². The highest BCUT2D eigenvalue weighted by Gasteiger charge is 2.36. The molecule has 1 fully saturated rings. The molecule has 1 aromatic heterocycles. The minimum Gasteiger partial charge on any atom is -0.302 e. The molecule has 2 heterocycles. The molecule has 2 aromatic carbocycles. The molecule has 1 saturated carbocycles. The molecule has 1 aliphatic heterocycles. The van der Waals surface area contributed by atoms with E-state index in [4.69, 9.17) is 16.6 Å². The largest absolute Gasteiger partial charge is 0.302 e. The van der Waals surface area contributed by atoms with Crippen LogP contribution in [0.25, 0.3) is 0 Å². The molecule has 0 saturated heterocycles. The molecule has 2 aliphatic rings. The summed E-state index contributed by atoms with van der Waals surface area (Å²) in [5.41, 5.74) is 2.99. The Bertz CT molecular complexity index is 1350. The molecule has 36 heavy (non-hydrogen) atoms. The van der Waals surface area contributed by atoms with Gasteiger partial charge in [-0.15, -0.1) is 11.3 Å². The fourth-order valence-corrected chi connectivity index (χ4v) is 7.03. The molecule has 190 valence electrons. The van der Waals surface area contributed by atoms with Crippen LogP contribution < -0.4 is 10.0 Å². The van der Waals surface area contributed by atoms with E-state index in [1.54, 1.807) is 24.3 Å². The molecule has 2 N–H and O–H groups in total. The number of carbonyl (C=O) groups excluding carboxylic acids is 1. The molecule has 1 atom stereocenters. The second kappa shape index (κ2) is 10.2. The number of hydrogen-bond donors (Lipinski definition) is 2. The summed E-state index contributed by atoms with van der Waals surface area (Å²) >= 11 is 7.56. The SMILES string of the molecule is CC(C)C1c2nc(NC(=O)Cc3ccc(S(=O)(=O)NC4CC4)cc3)sc2CN1Cc1ccc(Cl)cc1. The highest BCUT2D eigenvalue weighted by atomic mass is 35.5. The van der Waals surface area contributed by atoms with E-state index in [-0.39, 0.29) is 29.3 Å². The lowest BCUT2D eigenvalue weighted by atomic mass is 10.0.